The van der Waals surface area contributed by atoms with Gasteiger partial charge in [0.2, 0.25) is 10.0 Å². The molecule has 0 spiro atoms. The Morgan fingerprint density at radius 2 is 1.96 bits per heavy atom. The van der Waals surface area contributed by atoms with E-state index in [4.69, 9.17) is 16.1 Å². The molecule has 0 radical (unpaired) electrons. The van der Waals surface area contributed by atoms with E-state index < -0.39 is 10.0 Å². The average Bonchev–Trinajstić information content (AvgIpc) is 2.75. The fourth-order valence-electron chi connectivity index (χ4n) is 3.39. The van der Waals surface area contributed by atoms with Gasteiger partial charge < -0.3 is 4.52 Å². The summed E-state index contributed by atoms with van der Waals surface area (Å²) < 4.78 is 33.3. The standard InChI is InChI=1S/C17H21ClN2O3S/c1-12-17(13(2)23-19-12)24(21,22)20-11-7-3-4-10-16(20)14-8-5-6-9-15(14)18/h5-6,8-9,16H,3-4,7,10-11H2,1-2H3. The van der Waals surface area contributed by atoms with Crippen LogP contribution in [0, 0.1) is 13.8 Å². The van der Waals surface area contributed by atoms with Gasteiger partial charge in [-0.1, -0.05) is 47.8 Å². The number of nitrogens with zero attached hydrogens (tertiary/aromatic N) is 2. The second-order valence-corrected chi connectivity index (χ2v) is 8.39. The average molecular weight is 369 g/mol. The molecule has 24 heavy (non-hydrogen) atoms. The summed E-state index contributed by atoms with van der Waals surface area (Å²) in [5.74, 6) is 0.328. The lowest BCUT2D eigenvalue weighted by molar-refractivity contribution is 0.328. The molecule has 1 saturated heterocycles. The number of hydrogen-bond donors (Lipinski definition) is 0. The van der Waals surface area contributed by atoms with Crippen LogP contribution in [-0.2, 0) is 10.0 Å². The molecule has 1 unspecified atom stereocenters. The van der Waals surface area contributed by atoms with Gasteiger partial charge in [-0.25, -0.2) is 8.42 Å². The highest BCUT2D eigenvalue weighted by atomic mass is 35.5. The van der Waals surface area contributed by atoms with E-state index in [1.807, 2.05) is 24.3 Å². The van der Waals surface area contributed by atoms with Crippen molar-refractivity contribution in [2.24, 2.45) is 0 Å². The first-order chi connectivity index (χ1) is 11.4. The number of halogens is 1. The maximum Gasteiger partial charge on any atom is 0.249 e. The van der Waals surface area contributed by atoms with Gasteiger partial charge in [0.25, 0.3) is 0 Å². The molecule has 130 valence electrons. The van der Waals surface area contributed by atoms with Crippen molar-refractivity contribution in [1.29, 1.82) is 0 Å². The van der Waals surface area contributed by atoms with Crippen LogP contribution in [0.2, 0.25) is 5.02 Å². The number of benzene rings is 1. The third-order valence-corrected chi connectivity index (χ3v) is 7.00. The van der Waals surface area contributed by atoms with Gasteiger partial charge in [-0.15, -0.1) is 0 Å². The zero-order valence-electron chi connectivity index (χ0n) is 13.8. The minimum atomic E-state index is -3.70. The van der Waals surface area contributed by atoms with Crippen LogP contribution >= 0.6 is 11.6 Å². The van der Waals surface area contributed by atoms with Crippen molar-refractivity contribution in [2.45, 2.75) is 50.5 Å². The van der Waals surface area contributed by atoms with E-state index in [2.05, 4.69) is 5.16 Å². The first-order valence-corrected chi connectivity index (χ1v) is 9.94. The second kappa shape index (κ2) is 6.86. The van der Waals surface area contributed by atoms with E-state index in [9.17, 15) is 8.42 Å². The molecule has 3 rings (SSSR count). The predicted octanol–water partition coefficient (Wildman–Crippen LogP) is 4.25. The van der Waals surface area contributed by atoms with Crippen molar-refractivity contribution < 1.29 is 12.9 Å². The summed E-state index contributed by atoms with van der Waals surface area (Å²) in [5, 5.41) is 4.41. The zero-order valence-corrected chi connectivity index (χ0v) is 15.4. The summed E-state index contributed by atoms with van der Waals surface area (Å²) >= 11 is 6.36. The van der Waals surface area contributed by atoms with Gasteiger partial charge in [-0.05, 0) is 38.3 Å². The Kier molecular flexibility index (Phi) is 4.99. The third kappa shape index (κ3) is 3.10. The highest BCUT2D eigenvalue weighted by molar-refractivity contribution is 7.89. The topological polar surface area (TPSA) is 63.4 Å². The lowest BCUT2D eigenvalue weighted by atomic mass is 10.0. The third-order valence-electron chi connectivity index (χ3n) is 4.50. The highest BCUT2D eigenvalue weighted by Crippen LogP contribution is 2.38. The smallest absolute Gasteiger partial charge is 0.249 e. The number of aromatic nitrogens is 1. The van der Waals surface area contributed by atoms with Crippen molar-refractivity contribution in [3.05, 3.63) is 46.3 Å². The molecule has 1 aliphatic heterocycles. The molecule has 0 N–H and O–H groups in total. The number of aryl methyl sites for hydroxylation is 2. The monoisotopic (exact) mass is 368 g/mol. The number of hydrogen-bond acceptors (Lipinski definition) is 4. The summed E-state index contributed by atoms with van der Waals surface area (Å²) in [7, 11) is -3.70. The fourth-order valence-corrected chi connectivity index (χ4v) is 5.62. The summed E-state index contributed by atoms with van der Waals surface area (Å²) in [4.78, 5) is 0.182. The Labute approximate surface area is 147 Å². The Morgan fingerprint density at radius 3 is 2.62 bits per heavy atom. The van der Waals surface area contributed by atoms with Crippen LogP contribution < -0.4 is 0 Å². The van der Waals surface area contributed by atoms with Gasteiger partial charge in [-0.3, -0.25) is 0 Å². The van der Waals surface area contributed by atoms with Crippen LogP contribution in [0.3, 0.4) is 0 Å². The Bertz CT molecular complexity index is 813. The molecule has 0 amide bonds. The lowest BCUT2D eigenvalue weighted by Gasteiger charge is -2.30. The molecule has 7 heteroatoms. The van der Waals surface area contributed by atoms with Crippen molar-refractivity contribution in [3.63, 3.8) is 0 Å². The molecule has 0 saturated carbocycles. The molecule has 0 aliphatic carbocycles. The quantitative estimate of drug-likeness (QED) is 0.812. The van der Waals surface area contributed by atoms with Gasteiger partial charge >= 0.3 is 0 Å². The Hall–Kier alpha value is -1.37. The first kappa shape index (κ1) is 17.5. The molecule has 1 fully saturated rings. The Morgan fingerprint density at radius 1 is 1.21 bits per heavy atom. The molecule has 1 aliphatic rings. The van der Waals surface area contributed by atoms with E-state index in [0.717, 1.165) is 31.2 Å². The molecular formula is C17H21ClN2O3S. The van der Waals surface area contributed by atoms with Crippen LogP contribution in [0.4, 0.5) is 0 Å². The predicted molar refractivity (Wildman–Crippen MR) is 92.5 cm³/mol. The van der Waals surface area contributed by atoms with Crippen LogP contribution in [-0.4, -0.2) is 24.4 Å². The summed E-state index contributed by atoms with van der Waals surface area (Å²) in [6, 6.07) is 7.21. The van der Waals surface area contributed by atoms with Gasteiger partial charge in [0.05, 0.1) is 6.04 Å². The normalized spacial score (nSPS) is 20.0. The minimum absolute atomic E-state index is 0.182. The molecule has 2 aromatic rings. The summed E-state index contributed by atoms with van der Waals surface area (Å²) in [6.45, 7) is 3.77. The Balaban J connectivity index is 2.10. The number of sulfonamides is 1. The van der Waals surface area contributed by atoms with Crippen molar-refractivity contribution >= 4 is 21.6 Å². The van der Waals surface area contributed by atoms with E-state index in [1.165, 1.54) is 0 Å². The van der Waals surface area contributed by atoms with Gasteiger partial charge in [-0.2, -0.15) is 4.31 Å². The maximum atomic E-state index is 13.3. The van der Waals surface area contributed by atoms with Crippen molar-refractivity contribution in [3.8, 4) is 0 Å². The van der Waals surface area contributed by atoms with Gasteiger partial charge in [0, 0.05) is 11.6 Å². The van der Waals surface area contributed by atoms with E-state index in [-0.39, 0.29) is 10.9 Å². The molecular weight excluding hydrogens is 348 g/mol. The van der Waals surface area contributed by atoms with Crippen LogP contribution in [0.5, 0.6) is 0 Å². The first-order valence-electron chi connectivity index (χ1n) is 8.12. The lowest BCUT2D eigenvalue weighted by Crippen LogP contribution is -2.35. The van der Waals surface area contributed by atoms with Crippen LogP contribution in [0.15, 0.2) is 33.7 Å². The summed E-state index contributed by atoms with van der Waals surface area (Å²) in [6.07, 6.45) is 3.58. The molecule has 0 bridgehead atoms. The zero-order chi connectivity index (χ0) is 17.3. The van der Waals surface area contributed by atoms with Crippen LogP contribution in [0.1, 0.15) is 48.7 Å². The highest BCUT2D eigenvalue weighted by Gasteiger charge is 2.37. The molecule has 5 nitrogen and oxygen atoms in total. The molecule has 1 aromatic heterocycles. The summed E-state index contributed by atoms with van der Waals surface area (Å²) in [5.41, 5.74) is 1.26. The molecule has 1 aromatic carbocycles. The minimum Gasteiger partial charge on any atom is -0.360 e. The van der Waals surface area contributed by atoms with E-state index in [0.29, 0.717) is 23.0 Å². The van der Waals surface area contributed by atoms with E-state index >= 15 is 0 Å². The second-order valence-electron chi connectivity index (χ2n) is 6.16. The molecule has 2 heterocycles. The van der Waals surface area contributed by atoms with E-state index in [1.54, 1.807) is 18.2 Å². The molecule has 1 atom stereocenters. The van der Waals surface area contributed by atoms with Crippen molar-refractivity contribution in [1.82, 2.24) is 9.46 Å². The SMILES string of the molecule is Cc1noc(C)c1S(=O)(=O)N1CCCCCC1c1ccccc1Cl. The number of rotatable bonds is 3. The fraction of sp³-hybridized carbons (Fsp3) is 0.471. The largest absolute Gasteiger partial charge is 0.360 e. The van der Waals surface area contributed by atoms with Crippen molar-refractivity contribution in [2.75, 3.05) is 6.54 Å². The van der Waals surface area contributed by atoms with Gasteiger partial charge in [0.1, 0.15) is 10.6 Å². The van der Waals surface area contributed by atoms with Gasteiger partial charge in [0.15, 0.2) is 5.76 Å². The maximum absolute atomic E-state index is 13.3. The van der Waals surface area contributed by atoms with Crippen LogP contribution in [0.25, 0.3) is 0 Å².